The van der Waals surface area contributed by atoms with Crippen LogP contribution in [-0.2, 0) is 14.1 Å². The van der Waals surface area contributed by atoms with Crippen molar-refractivity contribution in [2.45, 2.75) is 59.7 Å². The molecular weight excluding hydrogens is 399 g/mol. The average molecular weight is 425 g/mol. The van der Waals surface area contributed by atoms with Gasteiger partial charge in [-0.3, -0.25) is 4.79 Å². The van der Waals surface area contributed by atoms with Crippen molar-refractivity contribution < 1.29 is 14.1 Å². The van der Waals surface area contributed by atoms with E-state index in [9.17, 15) is 4.79 Å². The van der Waals surface area contributed by atoms with Gasteiger partial charge in [0.2, 0.25) is 0 Å². The van der Waals surface area contributed by atoms with Crippen LogP contribution in [0.25, 0.3) is 6.08 Å². The van der Waals surface area contributed by atoms with E-state index in [2.05, 4.69) is 48.0 Å². The van der Waals surface area contributed by atoms with Gasteiger partial charge in [0.05, 0.1) is 11.2 Å². The summed E-state index contributed by atoms with van der Waals surface area (Å²) in [6, 6.07) is 4.19. The Morgan fingerprint density at radius 2 is 1.64 bits per heavy atom. The maximum Gasteiger partial charge on any atom is 0.491 e. The van der Waals surface area contributed by atoms with Crippen molar-refractivity contribution in [3.63, 3.8) is 0 Å². The minimum atomic E-state index is -0.445. The second-order valence-electron chi connectivity index (χ2n) is 7.54. The van der Waals surface area contributed by atoms with Gasteiger partial charge in [-0.25, -0.2) is 0 Å². The SMILES string of the molecule is CC(=O)SCC(=Cc1c(C)cc(Br)cc1C)B1OC(C)(C)C(C)(C)O1. The quantitative estimate of drug-likeness (QED) is 0.609. The molecule has 0 radical (unpaired) electrons. The fourth-order valence-corrected chi connectivity index (χ4v) is 3.97. The predicted octanol–water partition coefficient (Wildman–Crippen LogP) is 5.36. The van der Waals surface area contributed by atoms with E-state index in [0.29, 0.717) is 5.75 Å². The monoisotopic (exact) mass is 424 g/mol. The van der Waals surface area contributed by atoms with E-state index in [4.69, 9.17) is 9.31 Å². The average Bonchev–Trinajstić information content (AvgIpc) is 2.65. The van der Waals surface area contributed by atoms with E-state index in [0.717, 1.165) is 15.5 Å². The van der Waals surface area contributed by atoms with Crippen molar-refractivity contribution in [2.75, 3.05) is 5.75 Å². The molecular formula is C19H26BBrO3S. The zero-order chi connectivity index (χ0) is 19.0. The Hall–Kier alpha value is -0.555. The van der Waals surface area contributed by atoms with Gasteiger partial charge in [-0.05, 0) is 75.8 Å². The first kappa shape index (κ1) is 20.8. The summed E-state index contributed by atoms with van der Waals surface area (Å²) in [6.07, 6.45) is 2.12. The van der Waals surface area contributed by atoms with Crippen LogP contribution in [-0.4, -0.2) is 29.2 Å². The van der Waals surface area contributed by atoms with Gasteiger partial charge in [0, 0.05) is 17.1 Å². The highest BCUT2D eigenvalue weighted by Gasteiger charge is 2.52. The molecule has 0 spiro atoms. The Morgan fingerprint density at radius 3 is 2.08 bits per heavy atom. The van der Waals surface area contributed by atoms with Crippen LogP contribution < -0.4 is 0 Å². The molecule has 0 aromatic heterocycles. The number of aryl methyl sites for hydroxylation is 2. The summed E-state index contributed by atoms with van der Waals surface area (Å²) in [5.74, 6) is 0.557. The number of benzene rings is 1. The number of carbonyl (C=O) groups excluding carboxylic acids is 1. The third kappa shape index (κ3) is 4.79. The Bertz CT molecular complexity index is 674. The van der Waals surface area contributed by atoms with Crippen LogP contribution >= 0.6 is 27.7 Å². The summed E-state index contributed by atoms with van der Waals surface area (Å²) in [6.45, 7) is 13.9. The minimum absolute atomic E-state index is 0.0895. The van der Waals surface area contributed by atoms with Gasteiger partial charge in [-0.2, -0.15) is 0 Å². The number of hydrogen-bond donors (Lipinski definition) is 0. The lowest BCUT2D eigenvalue weighted by Gasteiger charge is -2.32. The highest BCUT2D eigenvalue weighted by atomic mass is 79.9. The third-order valence-electron chi connectivity index (χ3n) is 4.89. The Morgan fingerprint density at radius 1 is 1.16 bits per heavy atom. The van der Waals surface area contributed by atoms with Crippen molar-refractivity contribution in [3.05, 3.63) is 38.8 Å². The van der Waals surface area contributed by atoms with Gasteiger partial charge in [-0.15, -0.1) is 0 Å². The van der Waals surface area contributed by atoms with Gasteiger partial charge in [-0.1, -0.05) is 33.8 Å². The van der Waals surface area contributed by atoms with E-state index in [1.54, 1.807) is 6.92 Å². The molecule has 1 aromatic rings. The van der Waals surface area contributed by atoms with Gasteiger partial charge in [0.25, 0.3) is 0 Å². The normalized spacial score (nSPS) is 19.4. The number of rotatable bonds is 4. The van der Waals surface area contributed by atoms with Crippen molar-refractivity contribution in [2.24, 2.45) is 0 Å². The van der Waals surface area contributed by atoms with Crippen molar-refractivity contribution >= 4 is 46.0 Å². The van der Waals surface area contributed by atoms with E-state index in [1.807, 2.05) is 27.7 Å². The van der Waals surface area contributed by atoms with Crippen molar-refractivity contribution in [1.82, 2.24) is 0 Å². The van der Waals surface area contributed by atoms with Gasteiger partial charge in [0.1, 0.15) is 0 Å². The standard InChI is InChI=1S/C19H26BBrO3S/c1-12-8-16(21)9-13(2)17(12)10-15(11-25-14(3)22)20-23-18(4,5)19(6,7)24-20/h8-10H,11H2,1-7H3. The molecule has 0 bridgehead atoms. The third-order valence-corrected chi connectivity index (χ3v) is 6.23. The molecule has 2 rings (SSSR count). The Balaban J connectivity index is 2.42. The van der Waals surface area contributed by atoms with Crippen LogP contribution in [0.15, 0.2) is 22.1 Å². The minimum Gasteiger partial charge on any atom is -0.400 e. The molecule has 1 fully saturated rings. The summed E-state index contributed by atoms with van der Waals surface area (Å²) in [5, 5.41) is 0.0895. The zero-order valence-electron chi connectivity index (χ0n) is 16.0. The van der Waals surface area contributed by atoms with Gasteiger partial charge >= 0.3 is 7.12 Å². The van der Waals surface area contributed by atoms with Crippen molar-refractivity contribution in [1.29, 1.82) is 0 Å². The fraction of sp³-hybridized carbons (Fsp3) is 0.526. The first-order valence-corrected chi connectivity index (χ1v) is 10.2. The van der Waals surface area contributed by atoms with Crippen LogP contribution in [0.1, 0.15) is 51.3 Å². The molecule has 0 unspecified atom stereocenters. The lowest BCUT2D eigenvalue weighted by atomic mass is 9.77. The fourth-order valence-electron chi connectivity index (χ4n) is 2.69. The predicted molar refractivity (Wildman–Crippen MR) is 111 cm³/mol. The summed E-state index contributed by atoms with van der Waals surface area (Å²) in [5.41, 5.74) is 3.68. The molecule has 25 heavy (non-hydrogen) atoms. The van der Waals surface area contributed by atoms with Gasteiger partial charge < -0.3 is 9.31 Å². The molecule has 0 amide bonds. The number of halogens is 1. The summed E-state index contributed by atoms with van der Waals surface area (Å²) in [4.78, 5) is 11.5. The van der Waals surface area contributed by atoms with Crippen LogP contribution in [0.3, 0.4) is 0 Å². The Labute approximate surface area is 164 Å². The first-order chi connectivity index (χ1) is 11.4. The van der Waals surface area contributed by atoms with E-state index < -0.39 is 18.3 Å². The molecule has 0 atom stereocenters. The molecule has 1 saturated heterocycles. The smallest absolute Gasteiger partial charge is 0.400 e. The number of carbonyl (C=O) groups is 1. The van der Waals surface area contributed by atoms with Gasteiger partial charge in [0.15, 0.2) is 5.12 Å². The lowest BCUT2D eigenvalue weighted by Crippen LogP contribution is -2.41. The molecule has 6 heteroatoms. The van der Waals surface area contributed by atoms with Crippen LogP contribution in [0.5, 0.6) is 0 Å². The molecule has 1 heterocycles. The number of thioether (sulfide) groups is 1. The summed E-state index contributed by atoms with van der Waals surface area (Å²) < 4.78 is 13.5. The Kier molecular flexibility index (Phi) is 6.30. The largest absolute Gasteiger partial charge is 0.491 e. The van der Waals surface area contributed by atoms with E-state index in [-0.39, 0.29) is 5.12 Å². The van der Waals surface area contributed by atoms with Crippen LogP contribution in [0, 0.1) is 13.8 Å². The second-order valence-corrected chi connectivity index (χ2v) is 9.61. The first-order valence-electron chi connectivity index (χ1n) is 8.39. The molecule has 0 N–H and O–H groups in total. The van der Waals surface area contributed by atoms with Crippen LogP contribution in [0.2, 0.25) is 0 Å². The molecule has 1 aliphatic heterocycles. The molecule has 136 valence electrons. The maximum atomic E-state index is 11.5. The molecule has 1 aromatic carbocycles. The summed E-state index contributed by atoms with van der Waals surface area (Å²) >= 11 is 4.82. The summed E-state index contributed by atoms with van der Waals surface area (Å²) in [7, 11) is -0.445. The molecule has 0 aliphatic carbocycles. The zero-order valence-corrected chi connectivity index (χ0v) is 18.4. The molecule has 3 nitrogen and oxygen atoms in total. The lowest BCUT2D eigenvalue weighted by molar-refractivity contribution is -0.109. The highest BCUT2D eigenvalue weighted by molar-refractivity contribution is 9.10. The van der Waals surface area contributed by atoms with E-state index >= 15 is 0 Å². The second kappa shape index (κ2) is 7.59. The molecule has 0 saturated carbocycles. The molecule has 1 aliphatic rings. The maximum absolute atomic E-state index is 11.5. The highest BCUT2D eigenvalue weighted by Crippen LogP contribution is 2.39. The van der Waals surface area contributed by atoms with Crippen LogP contribution in [0.4, 0.5) is 0 Å². The number of hydrogen-bond acceptors (Lipinski definition) is 4. The van der Waals surface area contributed by atoms with Crippen molar-refractivity contribution in [3.8, 4) is 0 Å². The topological polar surface area (TPSA) is 35.5 Å². The van der Waals surface area contributed by atoms with E-state index in [1.165, 1.54) is 22.9 Å².